The van der Waals surface area contributed by atoms with Crippen LogP contribution in [0.3, 0.4) is 0 Å². The van der Waals surface area contributed by atoms with Gasteiger partial charge in [0.15, 0.2) is 5.96 Å². The Morgan fingerprint density at radius 3 is 2.59 bits per heavy atom. The Hall–Kier alpha value is -1.29. The van der Waals surface area contributed by atoms with E-state index in [-0.39, 0.29) is 42.5 Å². The van der Waals surface area contributed by atoms with Crippen molar-refractivity contribution in [3.05, 3.63) is 24.2 Å². The van der Waals surface area contributed by atoms with Crippen LogP contribution in [0.4, 0.5) is 0 Å². The highest BCUT2D eigenvalue weighted by molar-refractivity contribution is 14.0. The van der Waals surface area contributed by atoms with Crippen LogP contribution in [0.25, 0.3) is 0 Å². The van der Waals surface area contributed by atoms with Gasteiger partial charge in [0.2, 0.25) is 5.91 Å². The van der Waals surface area contributed by atoms with Crippen molar-refractivity contribution >= 4 is 35.8 Å². The number of aliphatic imine (C=N–C) groups is 1. The highest BCUT2D eigenvalue weighted by Crippen LogP contribution is 2.25. The van der Waals surface area contributed by atoms with E-state index < -0.39 is 0 Å². The summed E-state index contributed by atoms with van der Waals surface area (Å²) in [6.45, 7) is 3.05. The SMILES string of the molecule is CN(C)C(=O)CN=C(NCC(c1ccco1)N1CCCC1)NC1CCCCC1.I. The van der Waals surface area contributed by atoms with Crippen molar-refractivity contribution in [3.8, 4) is 0 Å². The molecule has 0 bridgehead atoms. The Morgan fingerprint density at radius 1 is 1.24 bits per heavy atom. The van der Waals surface area contributed by atoms with Crippen LogP contribution in [-0.2, 0) is 4.79 Å². The van der Waals surface area contributed by atoms with E-state index in [1.807, 2.05) is 12.1 Å². The summed E-state index contributed by atoms with van der Waals surface area (Å²) in [5.41, 5.74) is 0. The lowest BCUT2D eigenvalue weighted by molar-refractivity contribution is -0.127. The molecule has 2 heterocycles. The number of nitrogens with one attached hydrogen (secondary N) is 2. The molecular formula is C21H36IN5O2. The van der Waals surface area contributed by atoms with E-state index in [1.165, 1.54) is 32.1 Å². The first-order valence-corrected chi connectivity index (χ1v) is 10.7. The standard InChI is InChI=1S/C21H35N5O2.HI/c1-25(2)20(27)16-23-21(24-17-9-4-3-5-10-17)22-15-18(19-11-8-14-28-19)26-12-6-7-13-26;/h8,11,14,17-18H,3-7,9-10,12-13,15-16H2,1-2H3,(H2,22,23,24);1H. The molecule has 164 valence electrons. The minimum atomic E-state index is 0. The van der Waals surface area contributed by atoms with Gasteiger partial charge in [-0.1, -0.05) is 19.3 Å². The summed E-state index contributed by atoms with van der Waals surface area (Å²) < 4.78 is 5.72. The van der Waals surface area contributed by atoms with E-state index >= 15 is 0 Å². The van der Waals surface area contributed by atoms with Crippen LogP contribution >= 0.6 is 24.0 Å². The molecule has 7 nitrogen and oxygen atoms in total. The Morgan fingerprint density at radius 2 is 1.97 bits per heavy atom. The normalized spacial score (nSPS) is 19.4. The predicted molar refractivity (Wildman–Crippen MR) is 127 cm³/mol. The van der Waals surface area contributed by atoms with E-state index in [2.05, 4.69) is 20.5 Å². The fraction of sp³-hybridized carbons (Fsp3) is 0.714. The van der Waals surface area contributed by atoms with Crippen molar-refractivity contribution in [1.82, 2.24) is 20.4 Å². The Bertz CT molecular complexity index is 623. The molecule has 1 aromatic rings. The van der Waals surface area contributed by atoms with Crippen molar-refractivity contribution in [2.75, 3.05) is 40.3 Å². The smallest absolute Gasteiger partial charge is 0.243 e. The molecule has 2 aliphatic rings. The third-order valence-corrected chi connectivity index (χ3v) is 5.73. The molecule has 1 aliphatic heterocycles. The zero-order valence-corrected chi connectivity index (χ0v) is 20.1. The summed E-state index contributed by atoms with van der Waals surface area (Å²) in [5, 5.41) is 7.05. The lowest BCUT2D eigenvalue weighted by Crippen LogP contribution is -2.47. The molecule has 1 amide bonds. The van der Waals surface area contributed by atoms with Crippen molar-refractivity contribution in [3.63, 3.8) is 0 Å². The molecule has 1 unspecified atom stereocenters. The second-order valence-corrected chi connectivity index (χ2v) is 8.09. The first kappa shape index (κ1) is 24.0. The van der Waals surface area contributed by atoms with Crippen molar-refractivity contribution in [1.29, 1.82) is 0 Å². The molecule has 1 aromatic heterocycles. The van der Waals surface area contributed by atoms with Gasteiger partial charge in [-0.15, -0.1) is 24.0 Å². The first-order valence-electron chi connectivity index (χ1n) is 10.7. The quantitative estimate of drug-likeness (QED) is 0.331. The number of halogens is 1. The number of rotatable bonds is 7. The minimum absolute atomic E-state index is 0. The summed E-state index contributed by atoms with van der Waals surface area (Å²) >= 11 is 0. The van der Waals surface area contributed by atoms with Crippen LogP contribution in [0.15, 0.2) is 27.8 Å². The van der Waals surface area contributed by atoms with Crippen LogP contribution in [0.2, 0.25) is 0 Å². The zero-order valence-electron chi connectivity index (χ0n) is 17.7. The van der Waals surface area contributed by atoms with E-state index in [0.29, 0.717) is 12.6 Å². The number of carbonyl (C=O) groups is 1. The fourth-order valence-electron chi connectivity index (χ4n) is 4.02. The zero-order chi connectivity index (χ0) is 19.8. The van der Waals surface area contributed by atoms with Crippen molar-refractivity contribution < 1.29 is 9.21 Å². The molecular weight excluding hydrogens is 481 g/mol. The van der Waals surface area contributed by atoms with Gasteiger partial charge >= 0.3 is 0 Å². The molecule has 1 saturated carbocycles. The van der Waals surface area contributed by atoms with Crippen LogP contribution in [0, 0.1) is 0 Å². The second kappa shape index (κ2) is 12.4. The van der Waals surface area contributed by atoms with Gasteiger partial charge in [-0.2, -0.15) is 0 Å². The van der Waals surface area contributed by atoms with Gasteiger partial charge in [0.25, 0.3) is 0 Å². The molecule has 0 radical (unpaired) electrons. The summed E-state index contributed by atoms with van der Waals surface area (Å²) in [6, 6.07) is 4.61. The van der Waals surface area contributed by atoms with Crippen LogP contribution < -0.4 is 10.6 Å². The number of furan rings is 1. The molecule has 8 heteroatoms. The highest BCUT2D eigenvalue weighted by Gasteiger charge is 2.26. The van der Waals surface area contributed by atoms with Gasteiger partial charge in [0, 0.05) is 26.7 Å². The number of hydrogen-bond donors (Lipinski definition) is 2. The molecule has 1 aliphatic carbocycles. The van der Waals surface area contributed by atoms with E-state index in [4.69, 9.17) is 4.42 Å². The van der Waals surface area contributed by atoms with Crippen molar-refractivity contribution in [2.24, 2.45) is 4.99 Å². The number of guanidine groups is 1. The summed E-state index contributed by atoms with van der Waals surface area (Å²) in [6.07, 6.45) is 10.3. The predicted octanol–water partition coefficient (Wildman–Crippen LogP) is 2.99. The largest absolute Gasteiger partial charge is 0.468 e. The maximum atomic E-state index is 12.0. The number of nitrogens with zero attached hydrogens (tertiary/aromatic N) is 3. The van der Waals surface area contributed by atoms with Crippen LogP contribution in [0.5, 0.6) is 0 Å². The van der Waals surface area contributed by atoms with Gasteiger partial charge in [-0.3, -0.25) is 9.69 Å². The fourth-order valence-corrected chi connectivity index (χ4v) is 4.02. The maximum absolute atomic E-state index is 12.0. The van der Waals surface area contributed by atoms with Gasteiger partial charge in [0.1, 0.15) is 12.3 Å². The van der Waals surface area contributed by atoms with E-state index in [9.17, 15) is 4.79 Å². The topological polar surface area (TPSA) is 73.1 Å². The molecule has 0 spiro atoms. The Kier molecular flexibility index (Phi) is 10.3. The highest BCUT2D eigenvalue weighted by atomic mass is 127. The lowest BCUT2D eigenvalue weighted by Gasteiger charge is -2.29. The first-order chi connectivity index (χ1) is 13.6. The van der Waals surface area contributed by atoms with Gasteiger partial charge in [0.05, 0.1) is 12.3 Å². The number of likely N-dealkylation sites (tertiary alicyclic amines) is 1. The van der Waals surface area contributed by atoms with Gasteiger partial charge in [-0.05, 0) is 50.9 Å². The Labute approximate surface area is 191 Å². The molecule has 3 rings (SSSR count). The lowest BCUT2D eigenvalue weighted by atomic mass is 9.96. The van der Waals surface area contributed by atoms with Crippen LogP contribution in [-0.4, -0.2) is 68.0 Å². The average Bonchev–Trinajstić information content (AvgIpc) is 3.41. The van der Waals surface area contributed by atoms with Crippen molar-refractivity contribution in [2.45, 2.75) is 57.0 Å². The van der Waals surface area contributed by atoms with E-state index in [0.717, 1.165) is 37.7 Å². The summed E-state index contributed by atoms with van der Waals surface area (Å²) in [5.74, 6) is 1.72. The summed E-state index contributed by atoms with van der Waals surface area (Å²) in [7, 11) is 3.53. The van der Waals surface area contributed by atoms with E-state index in [1.54, 1.807) is 25.3 Å². The third-order valence-electron chi connectivity index (χ3n) is 5.73. The van der Waals surface area contributed by atoms with Gasteiger partial charge in [-0.25, -0.2) is 4.99 Å². The summed E-state index contributed by atoms with van der Waals surface area (Å²) in [4.78, 5) is 20.6. The third kappa shape index (κ3) is 7.47. The number of carbonyl (C=O) groups excluding carboxylic acids is 1. The molecule has 1 atom stereocenters. The molecule has 2 N–H and O–H groups in total. The maximum Gasteiger partial charge on any atom is 0.243 e. The number of hydrogen-bond acceptors (Lipinski definition) is 4. The average molecular weight is 517 g/mol. The monoisotopic (exact) mass is 517 g/mol. The molecule has 2 fully saturated rings. The molecule has 1 saturated heterocycles. The van der Waals surface area contributed by atoms with Crippen LogP contribution in [0.1, 0.15) is 56.7 Å². The second-order valence-electron chi connectivity index (χ2n) is 8.09. The minimum Gasteiger partial charge on any atom is -0.468 e. The van der Waals surface area contributed by atoms with Gasteiger partial charge < -0.3 is 20.0 Å². The number of likely N-dealkylation sites (N-methyl/N-ethyl adjacent to an activating group) is 1. The number of amides is 1. The molecule has 29 heavy (non-hydrogen) atoms. The Balaban J connectivity index is 0.00000300. The molecule has 0 aromatic carbocycles.